The molecule has 0 unspecified atom stereocenters. The van der Waals surface area contributed by atoms with E-state index < -0.39 is 0 Å². The van der Waals surface area contributed by atoms with Crippen molar-refractivity contribution in [2.24, 2.45) is 0 Å². The van der Waals surface area contributed by atoms with E-state index in [9.17, 15) is 9.59 Å². The molecule has 0 radical (unpaired) electrons. The molecule has 6 nitrogen and oxygen atoms in total. The average molecular weight is 345 g/mol. The summed E-state index contributed by atoms with van der Waals surface area (Å²) < 4.78 is 5.39. The van der Waals surface area contributed by atoms with E-state index in [0.717, 1.165) is 10.6 Å². The Hall–Kier alpha value is -2.67. The van der Waals surface area contributed by atoms with Crippen LogP contribution in [0.25, 0.3) is 12.2 Å². The highest BCUT2D eigenvalue weighted by Gasteiger charge is 2.06. The molecule has 0 aliphatic heterocycles. The molecule has 2 rings (SSSR count). The van der Waals surface area contributed by atoms with Crippen LogP contribution >= 0.6 is 11.3 Å². The van der Waals surface area contributed by atoms with Gasteiger partial charge in [0.15, 0.2) is 6.61 Å². The van der Waals surface area contributed by atoms with E-state index in [1.54, 1.807) is 25.4 Å². The lowest BCUT2D eigenvalue weighted by Crippen LogP contribution is -2.28. The number of amides is 2. The summed E-state index contributed by atoms with van der Waals surface area (Å²) in [6.45, 7) is 2.45. The number of carbonyl (C=O) groups is 2. The minimum absolute atomic E-state index is 0.00438. The Morgan fingerprint density at radius 2 is 2.00 bits per heavy atom. The van der Waals surface area contributed by atoms with Gasteiger partial charge in [0, 0.05) is 13.6 Å². The standard InChI is InChI=1S/C17H19N3O3S/c1-3-19-15(21)11-23-13-7-4-12(5-8-13)6-9-16-20-10-14(24-16)17(22)18-2/h4-10H,3,11H2,1-2H3,(H,18,22)(H,19,21)/b9-6+. The van der Waals surface area contributed by atoms with E-state index in [1.165, 1.54) is 11.3 Å². The van der Waals surface area contributed by atoms with Gasteiger partial charge in [-0.1, -0.05) is 18.2 Å². The van der Waals surface area contributed by atoms with Crippen LogP contribution in [-0.2, 0) is 4.79 Å². The molecule has 0 saturated heterocycles. The number of carbonyl (C=O) groups excluding carboxylic acids is 2. The number of nitrogens with zero attached hydrogens (tertiary/aromatic N) is 1. The Morgan fingerprint density at radius 1 is 1.25 bits per heavy atom. The lowest BCUT2D eigenvalue weighted by molar-refractivity contribution is -0.122. The van der Waals surface area contributed by atoms with Crippen LogP contribution in [0.5, 0.6) is 5.75 Å². The SMILES string of the molecule is CCNC(=O)COc1ccc(/C=C/c2ncc(C(=O)NC)s2)cc1. The van der Waals surface area contributed by atoms with Crippen LogP contribution in [-0.4, -0.2) is 37.0 Å². The maximum absolute atomic E-state index is 11.5. The normalized spacial score (nSPS) is 10.6. The molecule has 7 heteroatoms. The van der Waals surface area contributed by atoms with Crippen molar-refractivity contribution in [1.29, 1.82) is 0 Å². The Bertz CT molecular complexity index is 723. The predicted molar refractivity (Wildman–Crippen MR) is 95.1 cm³/mol. The molecule has 1 aromatic heterocycles. The predicted octanol–water partition coefficient (Wildman–Crippen LogP) is 2.19. The Balaban J connectivity index is 1.92. The average Bonchev–Trinajstić information content (AvgIpc) is 3.07. The molecule has 0 fully saturated rings. The number of aromatic nitrogens is 1. The van der Waals surface area contributed by atoms with Crippen molar-refractivity contribution < 1.29 is 14.3 Å². The maximum Gasteiger partial charge on any atom is 0.262 e. The van der Waals surface area contributed by atoms with Gasteiger partial charge in [-0.25, -0.2) is 4.98 Å². The first-order chi connectivity index (χ1) is 11.6. The van der Waals surface area contributed by atoms with E-state index >= 15 is 0 Å². The number of likely N-dealkylation sites (N-methyl/N-ethyl adjacent to an activating group) is 1. The number of ether oxygens (including phenoxy) is 1. The Morgan fingerprint density at radius 3 is 2.67 bits per heavy atom. The number of thiazole rings is 1. The summed E-state index contributed by atoms with van der Waals surface area (Å²) in [5.74, 6) is 0.354. The third-order valence-corrected chi connectivity index (χ3v) is 3.98. The number of hydrogen-bond donors (Lipinski definition) is 2. The van der Waals surface area contributed by atoms with Gasteiger partial charge in [-0.2, -0.15) is 0 Å². The van der Waals surface area contributed by atoms with Crippen LogP contribution in [0.4, 0.5) is 0 Å². The summed E-state index contributed by atoms with van der Waals surface area (Å²) in [6, 6.07) is 7.38. The molecule has 0 aliphatic rings. The van der Waals surface area contributed by atoms with Crippen LogP contribution in [0.15, 0.2) is 30.5 Å². The minimum atomic E-state index is -0.142. The van der Waals surface area contributed by atoms with E-state index in [0.29, 0.717) is 17.2 Å². The number of rotatable bonds is 7. The van der Waals surface area contributed by atoms with Crippen molar-refractivity contribution >= 4 is 35.3 Å². The van der Waals surface area contributed by atoms with Gasteiger partial charge in [-0.3, -0.25) is 9.59 Å². The van der Waals surface area contributed by atoms with Crippen molar-refractivity contribution in [2.75, 3.05) is 20.2 Å². The number of nitrogens with one attached hydrogen (secondary N) is 2. The third kappa shape index (κ3) is 5.20. The molecule has 0 aliphatic carbocycles. The van der Waals surface area contributed by atoms with Gasteiger partial charge in [0.1, 0.15) is 15.6 Å². The molecular weight excluding hydrogens is 326 g/mol. The first-order valence-electron chi connectivity index (χ1n) is 7.48. The fourth-order valence-corrected chi connectivity index (χ4v) is 2.60. The van der Waals surface area contributed by atoms with Crippen molar-refractivity contribution in [1.82, 2.24) is 15.6 Å². The van der Waals surface area contributed by atoms with E-state index in [2.05, 4.69) is 15.6 Å². The smallest absolute Gasteiger partial charge is 0.262 e. The van der Waals surface area contributed by atoms with E-state index in [4.69, 9.17) is 4.74 Å². The van der Waals surface area contributed by atoms with Crippen LogP contribution in [0.3, 0.4) is 0 Å². The lowest BCUT2D eigenvalue weighted by atomic mass is 10.2. The van der Waals surface area contributed by atoms with Crippen LogP contribution < -0.4 is 15.4 Å². The zero-order valence-corrected chi connectivity index (χ0v) is 14.4. The molecule has 0 atom stereocenters. The summed E-state index contributed by atoms with van der Waals surface area (Å²) in [5, 5.41) is 5.99. The van der Waals surface area contributed by atoms with E-state index in [1.807, 2.05) is 31.2 Å². The Kier molecular flexibility index (Phi) is 6.51. The van der Waals surface area contributed by atoms with Gasteiger partial charge in [-0.05, 0) is 30.7 Å². The summed E-state index contributed by atoms with van der Waals surface area (Å²) in [6.07, 6.45) is 5.31. The molecule has 24 heavy (non-hydrogen) atoms. The van der Waals surface area contributed by atoms with Gasteiger partial charge in [0.2, 0.25) is 0 Å². The van der Waals surface area contributed by atoms with Gasteiger partial charge in [-0.15, -0.1) is 11.3 Å². The van der Waals surface area contributed by atoms with Crippen molar-refractivity contribution in [3.05, 3.63) is 45.9 Å². The van der Waals surface area contributed by atoms with Gasteiger partial charge in [0.25, 0.3) is 11.8 Å². The molecule has 0 spiro atoms. The molecule has 2 amide bonds. The van der Waals surface area contributed by atoms with Gasteiger partial charge < -0.3 is 15.4 Å². The number of benzene rings is 1. The highest BCUT2D eigenvalue weighted by atomic mass is 32.1. The van der Waals surface area contributed by atoms with Crippen molar-refractivity contribution in [3.63, 3.8) is 0 Å². The summed E-state index contributed by atoms with van der Waals surface area (Å²) in [4.78, 5) is 27.6. The van der Waals surface area contributed by atoms with Crippen molar-refractivity contribution in [3.8, 4) is 5.75 Å². The second-order valence-corrected chi connectivity index (χ2v) is 5.85. The summed E-state index contributed by atoms with van der Waals surface area (Å²) in [5.41, 5.74) is 0.969. The maximum atomic E-state index is 11.5. The second kappa shape index (κ2) is 8.83. The van der Waals surface area contributed by atoms with Crippen molar-refractivity contribution in [2.45, 2.75) is 6.92 Å². The lowest BCUT2D eigenvalue weighted by Gasteiger charge is -2.06. The Labute approximate surface area is 144 Å². The molecule has 2 N–H and O–H groups in total. The fourth-order valence-electron chi connectivity index (χ4n) is 1.83. The first kappa shape index (κ1) is 17.7. The molecule has 0 bridgehead atoms. The third-order valence-electron chi connectivity index (χ3n) is 3.02. The fraction of sp³-hybridized carbons (Fsp3) is 0.235. The van der Waals surface area contributed by atoms with Crippen LogP contribution in [0.1, 0.15) is 27.2 Å². The minimum Gasteiger partial charge on any atom is -0.484 e. The molecule has 2 aromatic rings. The summed E-state index contributed by atoms with van der Waals surface area (Å²) in [7, 11) is 1.59. The number of hydrogen-bond acceptors (Lipinski definition) is 5. The van der Waals surface area contributed by atoms with Crippen LogP contribution in [0, 0.1) is 0 Å². The summed E-state index contributed by atoms with van der Waals surface area (Å²) >= 11 is 1.32. The largest absolute Gasteiger partial charge is 0.484 e. The topological polar surface area (TPSA) is 80.3 Å². The first-order valence-corrected chi connectivity index (χ1v) is 8.29. The van der Waals surface area contributed by atoms with E-state index in [-0.39, 0.29) is 18.4 Å². The molecule has 1 heterocycles. The quantitative estimate of drug-likeness (QED) is 0.806. The van der Waals surface area contributed by atoms with Crippen LogP contribution in [0.2, 0.25) is 0 Å². The monoisotopic (exact) mass is 345 g/mol. The molecular formula is C17H19N3O3S. The molecule has 126 valence electrons. The second-order valence-electron chi connectivity index (χ2n) is 4.79. The molecule has 1 aromatic carbocycles. The zero-order chi connectivity index (χ0) is 17.4. The van der Waals surface area contributed by atoms with Gasteiger partial charge in [0.05, 0.1) is 6.20 Å². The molecule has 0 saturated carbocycles. The highest BCUT2D eigenvalue weighted by molar-refractivity contribution is 7.14. The zero-order valence-electron chi connectivity index (χ0n) is 13.5. The highest BCUT2D eigenvalue weighted by Crippen LogP contribution is 2.17. The van der Waals surface area contributed by atoms with Gasteiger partial charge >= 0.3 is 0 Å².